The molecule has 0 spiro atoms. The number of rotatable bonds is 3. The smallest absolute Gasteiger partial charge is 0.243 e. The van der Waals surface area contributed by atoms with E-state index in [1.54, 1.807) is 27.6 Å². The Kier molecular flexibility index (Phi) is 3.83. The first-order valence-corrected chi connectivity index (χ1v) is 9.11. The Morgan fingerprint density at radius 3 is 2.86 bits per heavy atom. The Balaban J connectivity index is 1.47. The molecule has 3 N–H and O–H groups in total. The molecule has 11 heteroatoms. The van der Waals surface area contributed by atoms with Crippen LogP contribution in [0.5, 0.6) is 0 Å². The molecule has 1 aliphatic rings. The molecule has 0 unspecified atom stereocenters. The highest BCUT2D eigenvalue weighted by Gasteiger charge is 2.34. The number of hydrogen-bond acceptors (Lipinski definition) is 7. The van der Waals surface area contributed by atoms with Crippen molar-refractivity contribution >= 4 is 28.8 Å². The lowest BCUT2D eigenvalue weighted by Gasteiger charge is -2.15. The van der Waals surface area contributed by atoms with Crippen LogP contribution in [-0.4, -0.2) is 65.3 Å². The van der Waals surface area contributed by atoms with Gasteiger partial charge in [-0.25, -0.2) is 18.4 Å². The maximum atomic E-state index is 14.3. The minimum Gasteiger partial charge on any atom is -0.382 e. The number of amides is 1. The molecule has 0 aliphatic carbocycles. The van der Waals surface area contributed by atoms with Gasteiger partial charge in [-0.15, -0.1) is 5.10 Å². The van der Waals surface area contributed by atoms with Gasteiger partial charge in [0.15, 0.2) is 11.5 Å². The fourth-order valence-electron chi connectivity index (χ4n) is 3.60. The van der Waals surface area contributed by atoms with Gasteiger partial charge in [-0.1, -0.05) is 0 Å². The van der Waals surface area contributed by atoms with Crippen molar-refractivity contribution in [3.8, 4) is 11.3 Å². The molecule has 1 amide bonds. The van der Waals surface area contributed by atoms with Crippen LogP contribution in [0.4, 0.5) is 16.2 Å². The summed E-state index contributed by atoms with van der Waals surface area (Å²) in [4.78, 5) is 21.4. The number of alkyl halides is 1. The zero-order chi connectivity index (χ0) is 20.1. The predicted octanol–water partition coefficient (Wildman–Crippen LogP) is 1.00. The number of aromatic nitrogens is 6. The standard InChI is InChI=1S/C18H18FN9O/c1-10(29)26-8-12(19)14(9-26)22-18-23-17(20)16-11(4-6-28(16)25-18)13-2-3-15-21-5-7-27(15)24-13/h2-7,12,14H,8-9H2,1H3,(H3,20,22,23,25)/t12-,14+/m0/s1. The van der Waals surface area contributed by atoms with Gasteiger partial charge in [0.05, 0.1) is 18.3 Å². The summed E-state index contributed by atoms with van der Waals surface area (Å²) in [6.45, 7) is 1.73. The Morgan fingerprint density at radius 2 is 2.07 bits per heavy atom. The first-order chi connectivity index (χ1) is 14.0. The van der Waals surface area contributed by atoms with Gasteiger partial charge in [0.25, 0.3) is 0 Å². The Bertz CT molecular complexity index is 1230. The summed E-state index contributed by atoms with van der Waals surface area (Å²) in [6, 6.07) is 4.98. The molecule has 148 valence electrons. The molecule has 0 saturated carbocycles. The summed E-state index contributed by atoms with van der Waals surface area (Å²) >= 11 is 0. The number of carbonyl (C=O) groups is 1. The normalized spacial score (nSPS) is 19.3. The number of hydrogen-bond donors (Lipinski definition) is 2. The van der Waals surface area contributed by atoms with E-state index < -0.39 is 12.2 Å². The van der Waals surface area contributed by atoms with E-state index in [1.807, 2.05) is 18.2 Å². The molecular formula is C18H18FN9O. The molecule has 0 aromatic carbocycles. The van der Waals surface area contributed by atoms with Crippen LogP contribution in [-0.2, 0) is 4.79 Å². The molecular weight excluding hydrogens is 377 g/mol. The number of nitrogens with two attached hydrogens (primary N) is 1. The highest BCUT2D eigenvalue weighted by atomic mass is 19.1. The fourth-order valence-corrected chi connectivity index (χ4v) is 3.60. The fraction of sp³-hybridized carbons (Fsp3) is 0.278. The zero-order valence-electron chi connectivity index (χ0n) is 15.5. The lowest BCUT2D eigenvalue weighted by Crippen LogP contribution is -2.32. The van der Waals surface area contributed by atoms with Crippen LogP contribution in [0.1, 0.15) is 6.92 Å². The van der Waals surface area contributed by atoms with E-state index in [4.69, 9.17) is 5.73 Å². The number of carbonyl (C=O) groups excluding carboxylic acids is 1. The lowest BCUT2D eigenvalue weighted by molar-refractivity contribution is -0.128. The van der Waals surface area contributed by atoms with Crippen molar-refractivity contribution in [2.75, 3.05) is 24.1 Å². The Hall–Kier alpha value is -3.76. The quantitative estimate of drug-likeness (QED) is 0.531. The number of nitrogen functional groups attached to an aromatic ring is 1. The molecule has 1 fully saturated rings. The van der Waals surface area contributed by atoms with Crippen LogP contribution in [0.25, 0.3) is 22.4 Å². The van der Waals surface area contributed by atoms with E-state index in [1.165, 1.54) is 11.8 Å². The van der Waals surface area contributed by atoms with E-state index in [9.17, 15) is 9.18 Å². The van der Waals surface area contributed by atoms with Gasteiger partial charge in [0, 0.05) is 37.6 Å². The maximum absolute atomic E-state index is 14.3. The molecule has 5 rings (SSSR count). The highest BCUT2D eigenvalue weighted by molar-refractivity contribution is 5.86. The average molecular weight is 395 g/mol. The van der Waals surface area contributed by atoms with E-state index in [2.05, 4.69) is 25.5 Å². The summed E-state index contributed by atoms with van der Waals surface area (Å²) in [5.74, 6) is 0.283. The van der Waals surface area contributed by atoms with Crippen LogP contribution in [0.15, 0.2) is 36.8 Å². The lowest BCUT2D eigenvalue weighted by atomic mass is 10.2. The third-order valence-electron chi connectivity index (χ3n) is 5.08. The van der Waals surface area contributed by atoms with Gasteiger partial charge in [-0.3, -0.25) is 4.79 Å². The number of imidazole rings is 1. The number of fused-ring (bicyclic) bond motifs is 2. The Labute approximate surface area is 164 Å². The van der Waals surface area contributed by atoms with Crippen LogP contribution < -0.4 is 11.1 Å². The van der Waals surface area contributed by atoms with Gasteiger partial charge in [0.2, 0.25) is 11.9 Å². The van der Waals surface area contributed by atoms with Crippen LogP contribution in [0, 0.1) is 0 Å². The zero-order valence-corrected chi connectivity index (χ0v) is 15.5. The largest absolute Gasteiger partial charge is 0.382 e. The number of anilines is 2. The highest BCUT2D eigenvalue weighted by Crippen LogP contribution is 2.28. The molecule has 5 heterocycles. The molecule has 0 bridgehead atoms. The van der Waals surface area contributed by atoms with Crippen molar-refractivity contribution in [2.45, 2.75) is 19.1 Å². The molecule has 0 radical (unpaired) electrons. The van der Waals surface area contributed by atoms with Crippen LogP contribution >= 0.6 is 0 Å². The third-order valence-corrected chi connectivity index (χ3v) is 5.08. The second-order valence-electron chi connectivity index (χ2n) is 6.98. The van der Waals surface area contributed by atoms with Crippen molar-refractivity contribution < 1.29 is 9.18 Å². The number of halogens is 1. The minimum absolute atomic E-state index is 0.0563. The first-order valence-electron chi connectivity index (χ1n) is 9.11. The summed E-state index contributed by atoms with van der Waals surface area (Å²) < 4.78 is 17.5. The summed E-state index contributed by atoms with van der Waals surface area (Å²) in [5.41, 5.74) is 9.02. The number of nitrogens with one attached hydrogen (secondary N) is 1. The second kappa shape index (κ2) is 6.40. The molecule has 1 saturated heterocycles. The maximum Gasteiger partial charge on any atom is 0.243 e. The first kappa shape index (κ1) is 17.3. The third kappa shape index (κ3) is 2.91. The van der Waals surface area contributed by atoms with Gasteiger partial charge in [-0.05, 0) is 18.2 Å². The molecule has 29 heavy (non-hydrogen) atoms. The molecule has 4 aromatic heterocycles. The van der Waals surface area contributed by atoms with Crippen LogP contribution in [0.3, 0.4) is 0 Å². The Morgan fingerprint density at radius 1 is 1.21 bits per heavy atom. The van der Waals surface area contributed by atoms with Crippen molar-refractivity contribution in [1.82, 2.24) is 34.1 Å². The van der Waals surface area contributed by atoms with Gasteiger partial charge >= 0.3 is 0 Å². The summed E-state index contributed by atoms with van der Waals surface area (Å²) in [6.07, 6.45) is 3.98. The van der Waals surface area contributed by atoms with E-state index in [-0.39, 0.29) is 30.8 Å². The average Bonchev–Trinajstić information content (AvgIpc) is 3.40. The van der Waals surface area contributed by atoms with Gasteiger partial charge in [-0.2, -0.15) is 10.1 Å². The predicted molar refractivity (Wildman–Crippen MR) is 104 cm³/mol. The summed E-state index contributed by atoms with van der Waals surface area (Å²) in [5, 5.41) is 11.9. The van der Waals surface area contributed by atoms with Crippen molar-refractivity contribution in [2.24, 2.45) is 0 Å². The SMILES string of the molecule is CC(=O)N1C[C@H](F)[C@H](Nc2nc(N)c3c(-c4ccc5nccn5n4)ccn3n2)C1. The van der Waals surface area contributed by atoms with E-state index in [0.717, 1.165) is 11.2 Å². The molecule has 10 nitrogen and oxygen atoms in total. The monoisotopic (exact) mass is 395 g/mol. The molecule has 1 aliphatic heterocycles. The van der Waals surface area contributed by atoms with Crippen LogP contribution in [0.2, 0.25) is 0 Å². The number of nitrogens with zero attached hydrogens (tertiary/aromatic N) is 7. The van der Waals surface area contributed by atoms with Gasteiger partial charge in [0.1, 0.15) is 11.7 Å². The number of likely N-dealkylation sites (tertiary alicyclic amines) is 1. The topological polar surface area (TPSA) is 119 Å². The second-order valence-corrected chi connectivity index (χ2v) is 6.98. The van der Waals surface area contributed by atoms with Crippen molar-refractivity contribution in [3.05, 3.63) is 36.8 Å². The van der Waals surface area contributed by atoms with Crippen molar-refractivity contribution in [1.29, 1.82) is 0 Å². The molecule has 4 aromatic rings. The minimum atomic E-state index is -1.20. The van der Waals surface area contributed by atoms with Crippen molar-refractivity contribution in [3.63, 3.8) is 0 Å². The van der Waals surface area contributed by atoms with E-state index >= 15 is 0 Å². The summed E-state index contributed by atoms with van der Waals surface area (Å²) in [7, 11) is 0. The van der Waals surface area contributed by atoms with E-state index in [0.29, 0.717) is 11.2 Å². The van der Waals surface area contributed by atoms with Gasteiger partial charge < -0.3 is 16.0 Å². The molecule has 2 atom stereocenters.